The lowest BCUT2D eigenvalue weighted by atomic mass is 10.2. The molecule has 30 heavy (non-hydrogen) atoms. The lowest BCUT2D eigenvalue weighted by Gasteiger charge is -2.19. The number of halogens is 2. The van der Waals surface area contributed by atoms with Gasteiger partial charge < -0.3 is 19.8 Å². The summed E-state index contributed by atoms with van der Waals surface area (Å²) >= 11 is 11.9. The molecule has 0 radical (unpaired) electrons. The summed E-state index contributed by atoms with van der Waals surface area (Å²) in [7, 11) is 0. The molecule has 3 rings (SSSR count). The molecule has 0 saturated heterocycles. The van der Waals surface area contributed by atoms with Gasteiger partial charge in [0, 0.05) is 18.8 Å². The van der Waals surface area contributed by atoms with Gasteiger partial charge in [-0.1, -0.05) is 53.5 Å². The number of aromatic nitrogens is 2. The fourth-order valence-corrected chi connectivity index (χ4v) is 3.19. The molecule has 1 atom stereocenters. The highest BCUT2D eigenvalue weighted by Crippen LogP contribution is 2.26. The molecule has 8 heteroatoms. The van der Waals surface area contributed by atoms with E-state index in [0.717, 1.165) is 18.4 Å². The van der Waals surface area contributed by atoms with Gasteiger partial charge in [-0.15, -0.1) is 0 Å². The molecule has 0 aliphatic heterocycles. The minimum atomic E-state index is -0.550. The molecular weight excluding hydrogens is 425 g/mol. The normalized spacial score (nSPS) is 11.9. The number of benzene rings is 2. The summed E-state index contributed by atoms with van der Waals surface area (Å²) in [5.41, 5.74) is 6.62. The Balaban J connectivity index is 1.55. The SMILES string of the molecule is NC(=O)c1cn(C[C@H](CCCOc2ccc(Cl)c(Cl)c2)OCc2ccccc2)cn1. The number of nitrogens with two attached hydrogens (primary N) is 1. The molecule has 0 aliphatic carbocycles. The van der Waals surface area contributed by atoms with Crippen LogP contribution in [0.4, 0.5) is 0 Å². The number of amides is 1. The number of hydrogen-bond acceptors (Lipinski definition) is 4. The van der Waals surface area contributed by atoms with Crippen molar-refractivity contribution in [1.29, 1.82) is 0 Å². The molecule has 3 aromatic rings. The van der Waals surface area contributed by atoms with Gasteiger partial charge in [0.05, 0.1) is 35.7 Å². The maximum Gasteiger partial charge on any atom is 0.268 e. The Hall–Kier alpha value is -2.54. The van der Waals surface area contributed by atoms with Crippen molar-refractivity contribution in [1.82, 2.24) is 9.55 Å². The van der Waals surface area contributed by atoms with E-state index in [1.165, 1.54) is 0 Å². The third-order valence-electron chi connectivity index (χ3n) is 4.46. The first-order chi connectivity index (χ1) is 14.5. The molecule has 1 amide bonds. The third-order valence-corrected chi connectivity index (χ3v) is 5.20. The highest BCUT2D eigenvalue weighted by Gasteiger charge is 2.13. The van der Waals surface area contributed by atoms with Crippen LogP contribution < -0.4 is 10.5 Å². The second-order valence-electron chi connectivity index (χ2n) is 6.81. The van der Waals surface area contributed by atoms with Crippen LogP contribution in [0.15, 0.2) is 61.1 Å². The number of ether oxygens (including phenoxy) is 2. The highest BCUT2D eigenvalue weighted by molar-refractivity contribution is 6.42. The summed E-state index contributed by atoms with van der Waals surface area (Å²) in [6.07, 6.45) is 4.67. The summed E-state index contributed by atoms with van der Waals surface area (Å²) in [6.45, 7) is 1.57. The van der Waals surface area contributed by atoms with Crippen LogP contribution in [0.25, 0.3) is 0 Å². The molecule has 6 nitrogen and oxygen atoms in total. The molecule has 0 spiro atoms. The van der Waals surface area contributed by atoms with Crippen LogP contribution in [0.1, 0.15) is 28.9 Å². The minimum absolute atomic E-state index is 0.0856. The van der Waals surface area contributed by atoms with Crippen molar-refractivity contribution in [2.24, 2.45) is 5.73 Å². The maximum absolute atomic E-state index is 11.3. The van der Waals surface area contributed by atoms with Gasteiger partial charge >= 0.3 is 0 Å². The van der Waals surface area contributed by atoms with E-state index < -0.39 is 5.91 Å². The zero-order valence-corrected chi connectivity index (χ0v) is 17.9. The second-order valence-corrected chi connectivity index (χ2v) is 7.62. The molecule has 0 unspecified atom stereocenters. The summed E-state index contributed by atoms with van der Waals surface area (Å²) in [5, 5.41) is 0.956. The van der Waals surface area contributed by atoms with Crippen molar-refractivity contribution in [3.63, 3.8) is 0 Å². The van der Waals surface area contributed by atoms with Crippen LogP contribution in [-0.2, 0) is 17.9 Å². The Morgan fingerprint density at radius 2 is 1.93 bits per heavy atom. The van der Waals surface area contributed by atoms with Crippen LogP contribution in [0.2, 0.25) is 10.0 Å². The molecule has 0 bridgehead atoms. The Morgan fingerprint density at radius 3 is 2.63 bits per heavy atom. The minimum Gasteiger partial charge on any atom is -0.494 e. The van der Waals surface area contributed by atoms with E-state index in [0.29, 0.717) is 35.6 Å². The van der Waals surface area contributed by atoms with E-state index in [2.05, 4.69) is 4.98 Å². The second kappa shape index (κ2) is 11.0. The lowest BCUT2D eigenvalue weighted by molar-refractivity contribution is 0.0203. The Bertz CT molecular complexity index is 963. The number of carbonyl (C=O) groups is 1. The molecule has 158 valence electrons. The molecule has 0 fully saturated rings. The zero-order valence-electron chi connectivity index (χ0n) is 16.3. The monoisotopic (exact) mass is 447 g/mol. The van der Waals surface area contributed by atoms with Gasteiger partial charge in [-0.05, 0) is 30.5 Å². The number of nitrogens with zero attached hydrogens (tertiary/aromatic N) is 2. The van der Waals surface area contributed by atoms with Crippen molar-refractivity contribution in [2.45, 2.75) is 32.1 Å². The van der Waals surface area contributed by atoms with E-state index >= 15 is 0 Å². The Labute approximate surface area is 185 Å². The van der Waals surface area contributed by atoms with Crippen molar-refractivity contribution in [3.8, 4) is 5.75 Å². The number of rotatable bonds is 11. The van der Waals surface area contributed by atoms with Gasteiger partial charge in [-0.3, -0.25) is 4.79 Å². The van der Waals surface area contributed by atoms with Gasteiger partial charge in [0.15, 0.2) is 0 Å². The van der Waals surface area contributed by atoms with Crippen molar-refractivity contribution < 1.29 is 14.3 Å². The summed E-state index contributed by atoms with van der Waals surface area (Å²) in [4.78, 5) is 15.3. The fourth-order valence-electron chi connectivity index (χ4n) is 2.91. The van der Waals surface area contributed by atoms with Crippen LogP contribution in [0.5, 0.6) is 5.75 Å². The first-order valence-corrected chi connectivity index (χ1v) is 10.3. The summed E-state index contributed by atoms with van der Waals surface area (Å²) < 4.78 is 13.7. The molecular formula is C22H23Cl2N3O3. The quantitative estimate of drug-likeness (QED) is 0.430. The van der Waals surface area contributed by atoms with Crippen LogP contribution in [0, 0.1) is 0 Å². The average Bonchev–Trinajstić information content (AvgIpc) is 3.21. The topological polar surface area (TPSA) is 79.4 Å². The number of primary amides is 1. The molecule has 0 aliphatic rings. The van der Waals surface area contributed by atoms with E-state index in [4.69, 9.17) is 38.4 Å². The zero-order chi connectivity index (χ0) is 21.3. The molecule has 2 N–H and O–H groups in total. The smallest absolute Gasteiger partial charge is 0.268 e. The first kappa shape index (κ1) is 22.2. The van der Waals surface area contributed by atoms with Gasteiger partial charge in [0.2, 0.25) is 0 Å². The molecule has 1 aromatic heterocycles. The maximum atomic E-state index is 11.3. The van der Waals surface area contributed by atoms with Gasteiger partial charge in [0.25, 0.3) is 5.91 Å². The van der Waals surface area contributed by atoms with E-state index in [9.17, 15) is 4.79 Å². The Kier molecular flexibility index (Phi) is 8.13. The number of carbonyl (C=O) groups excluding carboxylic acids is 1. The predicted molar refractivity (Wildman–Crippen MR) is 117 cm³/mol. The molecule has 2 aromatic carbocycles. The van der Waals surface area contributed by atoms with E-state index in [1.807, 2.05) is 34.9 Å². The molecule has 0 saturated carbocycles. The molecule has 1 heterocycles. The lowest BCUT2D eigenvalue weighted by Crippen LogP contribution is -2.21. The van der Waals surface area contributed by atoms with Crippen molar-refractivity contribution >= 4 is 29.1 Å². The summed E-state index contributed by atoms with van der Waals surface area (Å²) in [6, 6.07) is 15.2. The fraction of sp³-hybridized carbons (Fsp3) is 0.273. The predicted octanol–water partition coefficient (Wildman–Crippen LogP) is 4.73. The number of imidazole rings is 1. The largest absolute Gasteiger partial charge is 0.494 e. The standard InChI is InChI=1S/C22H23Cl2N3O3/c23-19-9-8-17(11-20(19)24)29-10-4-7-18(30-14-16-5-2-1-3-6-16)12-27-13-21(22(25)28)26-15-27/h1-3,5-6,8-9,11,13,15,18H,4,7,10,12,14H2,(H2,25,28)/t18-/m0/s1. The Morgan fingerprint density at radius 1 is 1.13 bits per heavy atom. The highest BCUT2D eigenvalue weighted by atomic mass is 35.5. The number of hydrogen-bond donors (Lipinski definition) is 1. The van der Waals surface area contributed by atoms with Crippen LogP contribution in [0.3, 0.4) is 0 Å². The van der Waals surface area contributed by atoms with Crippen LogP contribution >= 0.6 is 23.2 Å². The third kappa shape index (κ3) is 6.76. The van der Waals surface area contributed by atoms with Crippen molar-refractivity contribution in [3.05, 3.63) is 82.4 Å². The van der Waals surface area contributed by atoms with Crippen molar-refractivity contribution in [2.75, 3.05) is 6.61 Å². The van der Waals surface area contributed by atoms with E-state index in [1.54, 1.807) is 30.7 Å². The average molecular weight is 448 g/mol. The summed E-state index contributed by atoms with van der Waals surface area (Å²) in [5.74, 6) is 0.123. The van der Waals surface area contributed by atoms with Crippen LogP contribution in [-0.4, -0.2) is 28.2 Å². The van der Waals surface area contributed by atoms with Gasteiger partial charge in [0.1, 0.15) is 11.4 Å². The van der Waals surface area contributed by atoms with E-state index in [-0.39, 0.29) is 11.8 Å². The first-order valence-electron chi connectivity index (χ1n) is 9.56. The van der Waals surface area contributed by atoms with Gasteiger partial charge in [-0.2, -0.15) is 0 Å². The van der Waals surface area contributed by atoms with Gasteiger partial charge in [-0.25, -0.2) is 4.98 Å².